The lowest BCUT2D eigenvalue weighted by molar-refractivity contribution is -0.123. The molecule has 0 aromatic heterocycles. The topological polar surface area (TPSA) is 64.3 Å². The van der Waals surface area contributed by atoms with Gasteiger partial charge in [-0.2, -0.15) is 0 Å². The van der Waals surface area contributed by atoms with E-state index in [0.717, 1.165) is 28.1 Å². The first-order chi connectivity index (χ1) is 10.7. The zero-order valence-electron chi connectivity index (χ0n) is 12.2. The van der Waals surface area contributed by atoms with Crippen LogP contribution in [0.2, 0.25) is 0 Å². The molecule has 116 valence electrons. The number of amides is 1. The molecule has 3 N–H and O–H groups in total. The highest BCUT2D eigenvalue weighted by Crippen LogP contribution is 2.32. The molecule has 22 heavy (non-hydrogen) atoms. The van der Waals surface area contributed by atoms with Crippen LogP contribution in [-0.2, 0) is 4.79 Å². The van der Waals surface area contributed by atoms with Crippen molar-refractivity contribution in [2.45, 2.75) is 18.9 Å². The number of rotatable bonds is 6. The fraction of sp³-hybridized carbons (Fsp3) is 0.353. The number of nitrogens with one attached hydrogen (secondary N) is 1. The van der Waals surface area contributed by atoms with Crippen LogP contribution in [0.5, 0.6) is 5.75 Å². The van der Waals surface area contributed by atoms with E-state index in [2.05, 4.69) is 21.2 Å². The molecule has 0 bridgehead atoms. The minimum absolute atomic E-state index is 0.0191. The highest BCUT2D eigenvalue weighted by Gasteiger charge is 2.31. The van der Waals surface area contributed by atoms with E-state index in [1.54, 1.807) is 0 Å². The van der Waals surface area contributed by atoms with E-state index in [1.807, 2.05) is 36.4 Å². The molecule has 4 nitrogen and oxygen atoms in total. The molecule has 0 radical (unpaired) electrons. The van der Waals surface area contributed by atoms with Gasteiger partial charge in [0.2, 0.25) is 0 Å². The summed E-state index contributed by atoms with van der Waals surface area (Å²) in [6.07, 6.45) is 2.31. The third kappa shape index (κ3) is 3.78. The fourth-order valence-electron chi connectivity index (χ4n) is 2.55. The summed E-state index contributed by atoms with van der Waals surface area (Å²) < 4.78 is 6.63. The van der Waals surface area contributed by atoms with Crippen molar-refractivity contribution in [1.29, 1.82) is 0 Å². The van der Waals surface area contributed by atoms with Gasteiger partial charge in [0, 0.05) is 17.1 Å². The summed E-state index contributed by atoms with van der Waals surface area (Å²) in [7, 11) is 0. The zero-order valence-corrected chi connectivity index (χ0v) is 13.8. The number of halogens is 1. The van der Waals surface area contributed by atoms with Gasteiger partial charge in [0.25, 0.3) is 5.91 Å². The lowest BCUT2D eigenvalue weighted by Gasteiger charge is -2.16. The quantitative estimate of drug-likeness (QED) is 0.830. The SMILES string of the molecule is NCC(NC(=O)COc1ccc2cc(Br)ccc2c1)C1CC1. The van der Waals surface area contributed by atoms with Crippen molar-refractivity contribution in [1.82, 2.24) is 5.32 Å². The van der Waals surface area contributed by atoms with Crippen LogP contribution < -0.4 is 15.8 Å². The molecule has 1 fully saturated rings. The molecule has 0 aliphatic heterocycles. The minimum Gasteiger partial charge on any atom is -0.484 e. The first-order valence-electron chi connectivity index (χ1n) is 7.47. The van der Waals surface area contributed by atoms with E-state index < -0.39 is 0 Å². The van der Waals surface area contributed by atoms with E-state index in [4.69, 9.17) is 10.5 Å². The number of hydrogen-bond acceptors (Lipinski definition) is 3. The molecule has 1 atom stereocenters. The van der Waals surface area contributed by atoms with Gasteiger partial charge in [-0.15, -0.1) is 0 Å². The second kappa shape index (κ2) is 6.67. The van der Waals surface area contributed by atoms with Crippen LogP contribution in [0.4, 0.5) is 0 Å². The van der Waals surface area contributed by atoms with Crippen molar-refractivity contribution >= 4 is 32.6 Å². The Bertz CT molecular complexity index is 685. The van der Waals surface area contributed by atoms with E-state index in [9.17, 15) is 4.79 Å². The molecule has 1 amide bonds. The lowest BCUT2D eigenvalue weighted by atomic mass is 10.1. The number of carbonyl (C=O) groups is 1. The summed E-state index contributed by atoms with van der Waals surface area (Å²) in [6, 6.07) is 11.9. The summed E-state index contributed by atoms with van der Waals surface area (Å²) in [5.74, 6) is 1.13. The third-order valence-corrected chi connectivity index (χ3v) is 4.43. The summed E-state index contributed by atoms with van der Waals surface area (Å²) in [5.41, 5.74) is 5.68. The minimum atomic E-state index is -0.113. The Kier molecular flexibility index (Phi) is 4.64. The highest BCUT2D eigenvalue weighted by molar-refractivity contribution is 9.10. The van der Waals surface area contributed by atoms with Gasteiger partial charge in [0.05, 0.1) is 0 Å². The van der Waals surface area contributed by atoms with Gasteiger partial charge in [-0.25, -0.2) is 0 Å². The van der Waals surface area contributed by atoms with Crippen molar-refractivity contribution in [2.24, 2.45) is 11.7 Å². The highest BCUT2D eigenvalue weighted by atomic mass is 79.9. The van der Waals surface area contributed by atoms with Crippen molar-refractivity contribution < 1.29 is 9.53 Å². The molecule has 1 aliphatic rings. The number of carbonyl (C=O) groups excluding carboxylic acids is 1. The van der Waals surface area contributed by atoms with Crippen molar-refractivity contribution in [2.75, 3.05) is 13.2 Å². The molecular formula is C17H19BrN2O2. The van der Waals surface area contributed by atoms with Crippen LogP contribution in [-0.4, -0.2) is 25.1 Å². The number of ether oxygens (including phenoxy) is 1. The molecular weight excluding hydrogens is 344 g/mol. The number of fused-ring (bicyclic) bond motifs is 1. The fourth-order valence-corrected chi connectivity index (χ4v) is 2.93. The molecule has 0 heterocycles. The maximum Gasteiger partial charge on any atom is 0.258 e. The molecule has 1 saturated carbocycles. The Hall–Kier alpha value is -1.59. The molecule has 2 aromatic carbocycles. The van der Waals surface area contributed by atoms with Gasteiger partial charge in [-0.3, -0.25) is 4.79 Å². The Morgan fingerprint density at radius 2 is 2.00 bits per heavy atom. The Morgan fingerprint density at radius 3 is 2.73 bits per heavy atom. The van der Waals surface area contributed by atoms with Gasteiger partial charge >= 0.3 is 0 Å². The van der Waals surface area contributed by atoms with Crippen LogP contribution in [0.15, 0.2) is 40.9 Å². The Balaban J connectivity index is 1.58. The van der Waals surface area contributed by atoms with Crippen LogP contribution in [0.25, 0.3) is 10.8 Å². The van der Waals surface area contributed by atoms with E-state index >= 15 is 0 Å². The molecule has 3 rings (SSSR count). The maximum absolute atomic E-state index is 11.9. The predicted molar refractivity (Wildman–Crippen MR) is 90.9 cm³/mol. The first-order valence-corrected chi connectivity index (χ1v) is 8.26. The van der Waals surface area contributed by atoms with Gasteiger partial charge in [0.15, 0.2) is 6.61 Å². The van der Waals surface area contributed by atoms with E-state index in [-0.39, 0.29) is 18.6 Å². The predicted octanol–water partition coefficient (Wildman–Crippen LogP) is 2.83. The van der Waals surface area contributed by atoms with E-state index in [1.165, 1.54) is 0 Å². The summed E-state index contributed by atoms with van der Waals surface area (Å²) in [4.78, 5) is 11.9. The Morgan fingerprint density at radius 1 is 1.27 bits per heavy atom. The van der Waals surface area contributed by atoms with Crippen LogP contribution >= 0.6 is 15.9 Å². The van der Waals surface area contributed by atoms with E-state index in [0.29, 0.717) is 18.2 Å². The summed E-state index contributed by atoms with van der Waals surface area (Å²) >= 11 is 3.45. The molecule has 0 saturated heterocycles. The maximum atomic E-state index is 11.9. The van der Waals surface area contributed by atoms with Gasteiger partial charge in [-0.05, 0) is 53.8 Å². The number of nitrogens with two attached hydrogens (primary N) is 1. The second-order valence-corrected chi connectivity index (χ2v) is 6.60. The largest absolute Gasteiger partial charge is 0.484 e. The Labute approximate surface area is 138 Å². The molecule has 1 unspecified atom stereocenters. The third-order valence-electron chi connectivity index (χ3n) is 3.94. The average Bonchev–Trinajstić information content (AvgIpc) is 3.35. The smallest absolute Gasteiger partial charge is 0.258 e. The van der Waals surface area contributed by atoms with Crippen molar-refractivity contribution in [3.63, 3.8) is 0 Å². The first kappa shape index (κ1) is 15.3. The lowest BCUT2D eigenvalue weighted by Crippen LogP contribution is -2.43. The summed E-state index contributed by atoms with van der Waals surface area (Å²) in [5, 5.41) is 5.16. The van der Waals surface area contributed by atoms with Crippen molar-refractivity contribution in [3.05, 3.63) is 40.9 Å². The van der Waals surface area contributed by atoms with Crippen LogP contribution in [0.3, 0.4) is 0 Å². The monoisotopic (exact) mass is 362 g/mol. The van der Waals surface area contributed by atoms with Crippen LogP contribution in [0.1, 0.15) is 12.8 Å². The van der Waals surface area contributed by atoms with Crippen LogP contribution in [0, 0.1) is 5.92 Å². The zero-order chi connectivity index (χ0) is 15.5. The van der Waals surface area contributed by atoms with Gasteiger partial charge < -0.3 is 15.8 Å². The number of hydrogen-bond donors (Lipinski definition) is 2. The second-order valence-electron chi connectivity index (χ2n) is 5.69. The van der Waals surface area contributed by atoms with Gasteiger partial charge in [-0.1, -0.05) is 28.1 Å². The molecule has 0 spiro atoms. The molecule has 2 aromatic rings. The van der Waals surface area contributed by atoms with Gasteiger partial charge in [0.1, 0.15) is 5.75 Å². The standard InChI is InChI=1S/C17H19BrN2O2/c18-14-5-3-13-8-15(6-4-12(13)7-14)22-10-17(21)20-16(9-19)11-1-2-11/h3-8,11,16H,1-2,9-10,19H2,(H,20,21). The normalized spacial score (nSPS) is 15.5. The molecule has 5 heteroatoms. The molecule has 1 aliphatic carbocycles. The van der Waals surface area contributed by atoms with Crippen molar-refractivity contribution in [3.8, 4) is 5.75 Å². The summed E-state index contributed by atoms with van der Waals surface area (Å²) in [6.45, 7) is 0.506. The average molecular weight is 363 g/mol. The number of benzene rings is 2.